The van der Waals surface area contributed by atoms with E-state index in [9.17, 15) is 0 Å². The minimum Gasteiger partial charge on any atom is -0.0615 e. The van der Waals surface area contributed by atoms with E-state index in [1.807, 2.05) is 0 Å². The zero-order chi connectivity index (χ0) is 13.3. The fraction of sp³-hybridized carbons (Fsp3) is 0.294. The molecule has 2 aromatic carbocycles. The molecule has 0 aliphatic carbocycles. The SMILES string of the molecule is Cc1cccc(C)c1[Si+](C)c1c(C)cccc1C. The molecule has 0 spiro atoms. The standard InChI is InChI=1S/C17H21Si/c1-12-8-6-9-13(2)16(12)18(5)17-14(3)10-7-11-15(17)4/h6-11H,1-5H3/q+1. The minimum atomic E-state index is -0.665. The van der Waals surface area contributed by atoms with E-state index in [0.717, 1.165) is 0 Å². The lowest BCUT2D eigenvalue weighted by atomic mass is 10.1. The van der Waals surface area contributed by atoms with Gasteiger partial charge in [0.1, 0.15) is 10.4 Å². The van der Waals surface area contributed by atoms with Crippen LogP contribution in [0.15, 0.2) is 36.4 Å². The van der Waals surface area contributed by atoms with Gasteiger partial charge in [-0.1, -0.05) is 36.4 Å². The lowest BCUT2D eigenvalue weighted by molar-refractivity contribution is 1.40. The maximum Gasteiger partial charge on any atom is 0.388 e. The van der Waals surface area contributed by atoms with Gasteiger partial charge >= 0.3 is 8.80 Å². The molecule has 0 atom stereocenters. The monoisotopic (exact) mass is 253 g/mol. The molecule has 18 heavy (non-hydrogen) atoms. The Balaban J connectivity index is 2.58. The molecule has 0 fully saturated rings. The fourth-order valence-electron chi connectivity index (χ4n) is 2.94. The molecule has 1 heteroatoms. The Bertz CT molecular complexity index is 478. The van der Waals surface area contributed by atoms with Gasteiger partial charge < -0.3 is 0 Å². The summed E-state index contributed by atoms with van der Waals surface area (Å²) in [6.45, 7) is 11.4. The summed E-state index contributed by atoms with van der Waals surface area (Å²) in [6, 6.07) is 13.3. The molecular formula is C17H21Si+. The second kappa shape index (κ2) is 5.11. The highest BCUT2D eigenvalue weighted by molar-refractivity contribution is 6.85. The maximum atomic E-state index is 2.43. The summed E-state index contributed by atoms with van der Waals surface area (Å²) >= 11 is 0. The fourth-order valence-corrected chi connectivity index (χ4v) is 5.89. The van der Waals surface area contributed by atoms with Crippen molar-refractivity contribution < 1.29 is 0 Å². The van der Waals surface area contributed by atoms with E-state index in [0.29, 0.717) is 0 Å². The first-order valence-electron chi connectivity index (χ1n) is 6.49. The van der Waals surface area contributed by atoms with Gasteiger partial charge in [-0.3, -0.25) is 0 Å². The van der Waals surface area contributed by atoms with Crippen LogP contribution in [0.1, 0.15) is 22.3 Å². The lowest BCUT2D eigenvalue weighted by Crippen LogP contribution is -2.44. The van der Waals surface area contributed by atoms with Crippen LogP contribution in [0.3, 0.4) is 0 Å². The average Bonchev–Trinajstić information content (AvgIpc) is 2.28. The summed E-state index contributed by atoms with van der Waals surface area (Å²) in [5.74, 6) is 0. The van der Waals surface area contributed by atoms with Crippen molar-refractivity contribution in [3.8, 4) is 0 Å². The first-order chi connectivity index (χ1) is 8.52. The van der Waals surface area contributed by atoms with Crippen molar-refractivity contribution in [2.24, 2.45) is 0 Å². The van der Waals surface area contributed by atoms with E-state index in [1.54, 1.807) is 10.4 Å². The third-order valence-corrected chi connectivity index (χ3v) is 6.79. The van der Waals surface area contributed by atoms with Gasteiger partial charge in [0.2, 0.25) is 0 Å². The molecule has 0 radical (unpaired) electrons. The molecule has 0 nitrogen and oxygen atoms in total. The highest BCUT2D eigenvalue weighted by atomic mass is 28.3. The Hall–Kier alpha value is -1.34. The molecule has 0 saturated heterocycles. The van der Waals surface area contributed by atoms with Crippen molar-refractivity contribution in [2.75, 3.05) is 0 Å². The molecule has 0 saturated carbocycles. The number of hydrogen-bond acceptors (Lipinski definition) is 0. The number of aryl methyl sites for hydroxylation is 4. The predicted molar refractivity (Wildman–Crippen MR) is 82.7 cm³/mol. The largest absolute Gasteiger partial charge is 0.388 e. The van der Waals surface area contributed by atoms with Gasteiger partial charge in [-0.2, -0.15) is 0 Å². The van der Waals surface area contributed by atoms with Crippen LogP contribution in [0.5, 0.6) is 0 Å². The summed E-state index contributed by atoms with van der Waals surface area (Å²) in [5, 5.41) is 3.17. The van der Waals surface area contributed by atoms with Gasteiger partial charge in [0.25, 0.3) is 0 Å². The second-order valence-corrected chi connectivity index (χ2v) is 7.41. The van der Waals surface area contributed by atoms with Crippen LogP contribution in [0, 0.1) is 27.7 Å². The van der Waals surface area contributed by atoms with Crippen molar-refractivity contribution >= 4 is 19.2 Å². The minimum absolute atomic E-state index is 0.665. The van der Waals surface area contributed by atoms with Crippen LogP contribution < -0.4 is 10.4 Å². The normalized spacial score (nSPS) is 10.5. The van der Waals surface area contributed by atoms with Crippen molar-refractivity contribution in [3.05, 3.63) is 58.7 Å². The van der Waals surface area contributed by atoms with Crippen molar-refractivity contribution in [1.82, 2.24) is 0 Å². The van der Waals surface area contributed by atoms with E-state index in [-0.39, 0.29) is 0 Å². The van der Waals surface area contributed by atoms with E-state index in [1.165, 1.54) is 22.3 Å². The van der Waals surface area contributed by atoms with Gasteiger partial charge in [0.15, 0.2) is 0 Å². The Morgan fingerprint density at radius 3 is 1.17 bits per heavy atom. The summed E-state index contributed by atoms with van der Waals surface area (Å²) in [7, 11) is -0.665. The molecule has 2 aromatic rings. The van der Waals surface area contributed by atoms with Crippen LogP contribution in [0.25, 0.3) is 0 Å². The molecule has 0 aliphatic rings. The van der Waals surface area contributed by atoms with Gasteiger partial charge in [0, 0.05) is 0 Å². The Labute approximate surface area is 112 Å². The highest BCUT2D eigenvalue weighted by Gasteiger charge is 2.33. The molecular weight excluding hydrogens is 232 g/mol. The predicted octanol–water partition coefficient (Wildman–Crippen LogP) is 3.16. The van der Waals surface area contributed by atoms with Gasteiger partial charge in [-0.15, -0.1) is 0 Å². The van der Waals surface area contributed by atoms with Crippen LogP contribution in [-0.4, -0.2) is 8.80 Å². The zero-order valence-electron chi connectivity index (χ0n) is 12.0. The van der Waals surface area contributed by atoms with Crippen LogP contribution in [0.4, 0.5) is 0 Å². The van der Waals surface area contributed by atoms with Gasteiger partial charge in [-0.25, -0.2) is 0 Å². The smallest absolute Gasteiger partial charge is 0.0615 e. The topological polar surface area (TPSA) is 0 Å². The summed E-state index contributed by atoms with van der Waals surface area (Å²) in [5.41, 5.74) is 5.76. The first-order valence-corrected chi connectivity index (χ1v) is 8.49. The highest BCUT2D eigenvalue weighted by Crippen LogP contribution is 2.07. The average molecular weight is 253 g/mol. The molecule has 0 unspecified atom stereocenters. The quantitative estimate of drug-likeness (QED) is 0.721. The second-order valence-electron chi connectivity index (χ2n) is 5.16. The van der Waals surface area contributed by atoms with E-state index >= 15 is 0 Å². The first kappa shape index (κ1) is 13.1. The lowest BCUT2D eigenvalue weighted by Gasteiger charge is -2.09. The third-order valence-electron chi connectivity index (χ3n) is 3.71. The Morgan fingerprint density at radius 2 is 0.889 bits per heavy atom. The molecule has 92 valence electrons. The van der Waals surface area contributed by atoms with Crippen LogP contribution in [-0.2, 0) is 0 Å². The summed E-state index contributed by atoms with van der Waals surface area (Å²) in [6.07, 6.45) is 0. The van der Waals surface area contributed by atoms with Crippen molar-refractivity contribution in [1.29, 1.82) is 0 Å². The van der Waals surface area contributed by atoms with Crippen molar-refractivity contribution in [3.63, 3.8) is 0 Å². The van der Waals surface area contributed by atoms with Gasteiger partial charge in [0.05, 0.1) is 6.55 Å². The van der Waals surface area contributed by atoms with E-state index < -0.39 is 8.80 Å². The number of rotatable bonds is 2. The zero-order valence-corrected chi connectivity index (χ0v) is 13.0. The van der Waals surface area contributed by atoms with Crippen molar-refractivity contribution in [2.45, 2.75) is 34.2 Å². The van der Waals surface area contributed by atoms with E-state index in [2.05, 4.69) is 70.6 Å². The molecule has 0 N–H and O–H groups in total. The van der Waals surface area contributed by atoms with E-state index in [4.69, 9.17) is 0 Å². The molecule has 0 amide bonds. The van der Waals surface area contributed by atoms with Crippen LogP contribution in [0.2, 0.25) is 6.55 Å². The number of hydrogen-bond donors (Lipinski definition) is 0. The number of benzene rings is 2. The maximum absolute atomic E-state index is 2.43. The summed E-state index contributed by atoms with van der Waals surface area (Å²) in [4.78, 5) is 0. The van der Waals surface area contributed by atoms with Gasteiger partial charge in [-0.05, 0) is 49.9 Å². The van der Waals surface area contributed by atoms with Crippen LogP contribution >= 0.6 is 0 Å². The molecule has 0 aromatic heterocycles. The Morgan fingerprint density at radius 1 is 0.611 bits per heavy atom. The summed E-state index contributed by atoms with van der Waals surface area (Å²) < 4.78 is 0. The molecule has 0 heterocycles. The molecule has 0 bridgehead atoms. The molecule has 2 rings (SSSR count). The Kier molecular flexibility index (Phi) is 3.72. The molecule has 0 aliphatic heterocycles. The third kappa shape index (κ3) is 2.28.